The first-order valence-electron chi connectivity index (χ1n) is 10.9. The van der Waals surface area contributed by atoms with Crippen LogP contribution in [0.25, 0.3) is 11.0 Å². The van der Waals surface area contributed by atoms with Crippen LogP contribution in [-0.2, 0) is 11.9 Å². The van der Waals surface area contributed by atoms with Gasteiger partial charge in [-0.05, 0) is 42.5 Å². The van der Waals surface area contributed by atoms with Gasteiger partial charge in [0.15, 0.2) is 0 Å². The minimum absolute atomic E-state index is 0.633. The highest BCUT2D eigenvalue weighted by molar-refractivity contribution is 5.81. The molecule has 2 aromatic heterocycles. The quantitative estimate of drug-likeness (QED) is 0.215. The van der Waals surface area contributed by atoms with Gasteiger partial charge in [0.25, 0.3) is 0 Å². The van der Waals surface area contributed by atoms with Gasteiger partial charge in [0.05, 0.1) is 22.9 Å². The molecule has 0 saturated heterocycles. The molecule has 8 nitrogen and oxygen atoms in total. The van der Waals surface area contributed by atoms with Crippen molar-refractivity contribution < 1.29 is 14.3 Å². The monoisotopic (exact) mass is 465 g/mol. The number of aromatic nitrogens is 3. The average molecular weight is 466 g/mol. The third kappa shape index (κ3) is 5.22. The molecule has 0 spiro atoms. The summed E-state index contributed by atoms with van der Waals surface area (Å²) in [6.07, 6.45) is 3.18. The first-order chi connectivity index (χ1) is 17.2. The maximum atomic E-state index is 6.02. The second-order valence-electron chi connectivity index (χ2n) is 7.65. The molecule has 0 radical (unpaired) electrons. The minimum atomic E-state index is 0.633. The lowest BCUT2D eigenvalue weighted by molar-refractivity contribution is 0.215. The summed E-state index contributed by atoms with van der Waals surface area (Å²) in [6, 6.07) is 26.8. The zero-order chi connectivity index (χ0) is 24.0. The van der Waals surface area contributed by atoms with Gasteiger partial charge in [-0.2, -0.15) is 0 Å². The van der Waals surface area contributed by atoms with Crippen LogP contribution in [0.5, 0.6) is 23.0 Å². The molecule has 0 aliphatic heterocycles. The van der Waals surface area contributed by atoms with E-state index in [1.807, 2.05) is 84.4 Å². The van der Waals surface area contributed by atoms with E-state index in [-0.39, 0.29) is 0 Å². The van der Waals surface area contributed by atoms with Crippen molar-refractivity contribution in [1.82, 2.24) is 14.5 Å². The number of benzene rings is 3. The fourth-order valence-corrected chi connectivity index (χ4v) is 3.55. The number of anilines is 2. The van der Waals surface area contributed by atoms with Crippen LogP contribution in [-0.4, -0.2) is 27.9 Å². The van der Waals surface area contributed by atoms with Gasteiger partial charge in [-0.1, -0.05) is 29.4 Å². The molecule has 8 heteroatoms. The molecule has 174 valence electrons. The van der Waals surface area contributed by atoms with Crippen LogP contribution < -0.4 is 14.8 Å². The van der Waals surface area contributed by atoms with E-state index in [0.717, 1.165) is 28.2 Å². The first kappa shape index (κ1) is 22.0. The fraction of sp³-hybridized carbons (Fsp3) is 0.0741. The summed E-state index contributed by atoms with van der Waals surface area (Å²) in [7, 11) is 3.45. The topological polar surface area (TPSA) is 82.8 Å². The summed E-state index contributed by atoms with van der Waals surface area (Å²) in [5.74, 6) is 3.54. The van der Waals surface area contributed by atoms with Gasteiger partial charge in [-0.3, -0.25) is 4.98 Å². The number of nitrogens with zero attached hydrogens (tertiary/aromatic N) is 4. The number of fused-ring (bicyclic) bond motifs is 1. The molecular weight excluding hydrogens is 442 g/mol. The minimum Gasteiger partial charge on any atom is -0.457 e. The Morgan fingerprint density at radius 3 is 2.46 bits per heavy atom. The predicted molar refractivity (Wildman–Crippen MR) is 136 cm³/mol. The van der Waals surface area contributed by atoms with Crippen molar-refractivity contribution in [2.75, 3.05) is 12.4 Å². The molecule has 3 aromatic carbocycles. The number of rotatable bonds is 8. The molecule has 0 amide bonds. The smallest absolute Gasteiger partial charge is 0.208 e. The van der Waals surface area contributed by atoms with E-state index in [9.17, 15) is 0 Å². The predicted octanol–water partition coefficient (Wildman–Crippen LogP) is 6.28. The number of para-hydroxylation sites is 1. The molecule has 0 atom stereocenters. The van der Waals surface area contributed by atoms with Crippen molar-refractivity contribution in [2.45, 2.75) is 0 Å². The highest BCUT2D eigenvalue weighted by Crippen LogP contribution is 2.29. The number of pyridine rings is 1. The molecule has 0 saturated carbocycles. The molecule has 0 fully saturated rings. The molecule has 5 rings (SSSR count). The van der Waals surface area contributed by atoms with Gasteiger partial charge in [-0.25, -0.2) is 4.98 Å². The second kappa shape index (κ2) is 9.96. The molecule has 0 aliphatic carbocycles. The highest BCUT2D eigenvalue weighted by atomic mass is 16.6. The van der Waals surface area contributed by atoms with Crippen molar-refractivity contribution in [1.29, 1.82) is 0 Å². The number of nitrogens with one attached hydrogen (secondary N) is 1. The van der Waals surface area contributed by atoms with Gasteiger partial charge in [-0.15, -0.1) is 0 Å². The Morgan fingerprint density at radius 2 is 1.60 bits per heavy atom. The van der Waals surface area contributed by atoms with E-state index < -0.39 is 0 Å². The number of hydrogen-bond donors (Lipinski definition) is 1. The Hall–Kier alpha value is -4.85. The normalized spacial score (nSPS) is 11.0. The van der Waals surface area contributed by atoms with Crippen molar-refractivity contribution >= 4 is 28.9 Å². The molecule has 0 bridgehead atoms. The summed E-state index contributed by atoms with van der Waals surface area (Å²) in [5, 5.41) is 7.11. The molecule has 5 aromatic rings. The Labute approximate surface area is 202 Å². The molecule has 35 heavy (non-hydrogen) atoms. The number of imidazole rings is 1. The summed E-state index contributed by atoms with van der Waals surface area (Å²) in [4.78, 5) is 13.7. The van der Waals surface area contributed by atoms with Gasteiger partial charge in [0.2, 0.25) is 5.95 Å². The van der Waals surface area contributed by atoms with Gasteiger partial charge in [0, 0.05) is 37.1 Å². The SMILES string of the molecule is CO/N=C/c1cc(Oc2ccc3c(c2)nc(Nc2cccc(Oc4ccccc4)c2)n3C)ccn1. The van der Waals surface area contributed by atoms with Crippen molar-refractivity contribution in [2.24, 2.45) is 12.2 Å². The van der Waals surface area contributed by atoms with Gasteiger partial charge >= 0.3 is 0 Å². The Kier molecular flexibility index (Phi) is 6.25. The van der Waals surface area contributed by atoms with Crippen LogP contribution in [0.4, 0.5) is 11.6 Å². The second-order valence-corrected chi connectivity index (χ2v) is 7.65. The summed E-state index contributed by atoms with van der Waals surface area (Å²) in [6.45, 7) is 0. The maximum absolute atomic E-state index is 6.02. The van der Waals surface area contributed by atoms with E-state index in [1.165, 1.54) is 13.3 Å². The molecule has 0 unspecified atom stereocenters. The number of ether oxygens (including phenoxy) is 2. The molecule has 0 aliphatic rings. The van der Waals surface area contributed by atoms with Crippen LogP contribution >= 0.6 is 0 Å². The molecule has 1 N–H and O–H groups in total. The lowest BCUT2D eigenvalue weighted by atomic mass is 10.3. The van der Waals surface area contributed by atoms with Gasteiger partial charge < -0.3 is 24.2 Å². The van der Waals surface area contributed by atoms with E-state index >= 15 is 0 Å². The lowest BCUT2D eigenvalue weighted by Gasteiger charge is -2.09. The third-order valence-electron chi connectivity index (χ3n) is 5.20. The zero-order valence-corrected chi connectivity index (χ0v) is 19.3. The first-order valence-corrected chi connectivity index (χ1v) is 10.9. The van der Waals surface area contributed by atoms with Crippen molar-refractivity contribution in [3.05, 3.63) is 96.8 Å². The van der Waals surface area contributed by atoms with E-state index in [0.29, 0.717) is 23.1 Å². The Morgan fingerprint density at radius 1 is 0.829 bits per heavy atom. The van der Waals surface area contributed by atoms with Gasteiger partial charge in [0.1, 0.15) is 30.1 Å². The van der Waals surface area contributed by atoms with E-state index in [2.05, 4.69) is 15.5 Å². The fourth-order valence-electron chi connectivity index (χ4n) is 3.55. The maximum Gasteiger partial charge on any atom is 0.208 e. The third-order valence-corrected chi connectivity index (χ3v) is 5.20. The van der Waals surface area contributed by atoms with Crippen LogP contribution in [0.1, 0.15) is 5.69 Å². The number of oxime groups is 1. The highest BCUT2D eigenvalue weighted by Gasteiger charge is 2.10. The van der Waals surface area contributed by atoms with Crippen LogP contribution in [0.2, 0.25) is 0 Å². The largest absolute Gasteiger partial charge is 0.457 e. The number of aryl methyl sites for hydroxylation is 1. The van der Waals surface area contributed by atoms with Crippen molar-refractivity contribution in [3.63, 3.8) is 0 Å². The zero-order valence-electron chi connectivity index (χ0n) is 19.3. The summed E-state index contributed by atoms with van der Waals surface area (Å²) < 4.78 is 14.0. The van der Waals surface area contributed by atoms with E-state index in [4.69, 9.17) is 19.3 Å². The van der Waals surface area contributed by atoms with Crippen LogP contribution in [0.3, 0.4) is 0 Å². The number of hydrogen-bond acceptors (Lipinski definition) is 7. The lowest BCUT2D eigenvalue weighted by Crippen LogP contribution is -1.99. The standard InChI is InChI=1S/C27H23N5O3/c1-32-26-12-11-23(35-24-13-14-28-20(16-24)18-29-33-2)17-25(26)31-27(32)30-19-7-6-10-22(15-19)34-21-8-4-3-5-9-21/h3-18H,1-2H3,(H,30,31)/b29-18+. The summed E-state index contributed by atoms with van der Waals surface area (Å²) >= 11 is 0. The average Bonchev–Trinajstić information content (AvgIpc) is 3.18. The van der Waals surface area contributed by atoms with Crippen LogP contribution in [0.15, 0.2) is 96.3 Å². The van der Waals surface area contributed by atoms with Crippen molar-refractivity contribution in [3.8, 4) is 23.0 Å². The molecule has 2 heterocycles. The summed E-state index contributed by atoms with van der Waals surface area (Å²) in [5.41, 5.74) is 3.28. The Balaban J connectivity index is 1.35. The van der Waals surface area contributed by atoms with E-state index in [1.54, 1.807) is 18.3 Å². The molecular formula is C27H23N5O3. The van der Waals surface area contributed by atoms with Crippen LogP contribution in [0, 0.1) is 0 Å². The Bertz CT molecular complexity index is 1480.